The van der Waals surface area contributed by atoms with E-state index in [9.17, 15) is 19.2 Å². The first-order valence-electron chi connectivity index (χ1n) is 11.7. The predicted octanol–water partition coefficient (Wildman–Crippen LogP) is 3.54. The summed E-state index contributed by atoms with van der Waals surface area (Å²) in [4.78, 5) is 47.3. The fraction of sp³-hybridized carbons (Fsp3) is 0.818. The lowest BCUT2D eigenvalue weighted by atomic mass is 10.1. The maximum atomic E-state index is 11.4. The fourth-order valence-corrected chi connectivity index (χ4v) is 2.48. The number of nitrogens with zero attached hydrogens (tertiary/aromatic N) is 3. The number of carboxylic acid groups (broad SMARTS) is 2. The van der Waals surface area contributed by atoms with Gasteiger partial charge in [0.1, 0.15) is 23.3 Å². The first kappa shape index (κ1) is 34.9. The minimum Gasteiger partial charge on any atom is -0.480 e. The van der Waals surface area contributed by atoms with E-state index in [2.05, 4.69) is 20.7 Å². The highest BCUT2D eigenvalue weighted by Gasteiger charge is 2.24. The number of amides is 2. The molecule has 0 unspecified atom stereocenters. The summed E-state index contributed by atoms with van der Waals surface area (Å²) in [5.74, 6) is -2.18. The second-order valence-corrected chi connectivity index (χ2v) is 9.81. The Bertz CT molecular complexity index is 742. The highest BCUT2D eigenvalue weighted by molar-refractivity contribution is 5.80. The largest absolute Gasteiger partial charge is 0.480 e. The van der Waals surface area contributed by atoms with E-state index in [0.29, 0.717) is 38.8 Å². The second-order valence-electron chi connectivity index (χ2n) is 9.81. The maximum Gasteiger partial charge on any atom is 0.408 e. The van der Waals surface area contributed by atoms with Crippen molar-refractivity contribution in [3.05, 3.63) is 10.4 Å². The number of ether oxygens (including phenoxy) is 2. The van der Waals surface area contributed by atoms with Gasteiger partial charge in [-0.2, -0.15) is 0 Å². The van der Waals surface area contributed by atoms with Crippen LogP contribution >= 0.6 is 0 Å². The molecule has 0 aliphatic carbocycles. The third-order valence-electron chi connectivity index (χ3n) is 3.99. The Morgan fingerprint density at radius 3 is 1.53 bits per heavy atom. The lowest BCUT2D eigenvalue weighted by Crippen LogP contribution is -2.43. The first-order chi connectivity index (χ1) is 16.5. The van der Waals surface area contributed by atoms with Crippen LogP contribution in [0.3, 0.4) is 0 Å². The molecule has 0 aliphatic heterocycles. The van der Waals surface area contributed by atoms with E-state index in [1.165, 1.54) is 0 Å². The van der Waals surface area contributed by atoms with Crippen LogP contribution < -0.4 is 16.4 Å². The molecular formula is C22H42N6O8. The molecule has 0 spiro atoms. The van der Waals surface area contributed by atoms with E-state index in [4.69, 9.17) is 31.0 Å². The Hall–Kier alpha value is -3.25. The van der Waals surface area contributed by atoms with Crippen molar-refractivity contribution in [3.8, 4) is 0 Å². The molecule has 0 heterocycles. The number of nitrogens with one attached hydrogen (secondary N) is 2. The van der Waals surface area contributed by atoms with Gasteiger partial charge in [-0.15, -0.1) is 0 Å². The number of hydrogen-bond acceptors (Lipinski definition) is 8. The van der Waals surface area contributed by atoms with Crippen molar-refractivity contribution in [2.24, 2.45) is 10.8 Å². The summed E-state index contributed by atoms with van der Waals surface area (Å²) in [6.45, 7) is 11.1. The smallest absolute Gasteiger partial charge is 0.408 e. The number of rotatable bonds is 13. The Morgan fingerprint density at radius 2 is 1.22 bits per heavy atom. The number of aliphatic carboxylic acids is 2. The number of carbonyl (C=O) groups excluding carboxylic acids is 2. The van der Waals surface area contributed by atoms with E-state index in [1.54, 1.807) is 41.5 Å². The maximum absolute atomic E-state index is 11.4. The summed E-state index contributed by atoms with van der Waals surface area (Å²) in [5.41, 5.74) is 12.1. The molecular weight excluding hydrogens is 476 g/mol. The molecule has 0 saturated heterocycles. The average molecular weight is 519 g/mol. The lowest BCUT2D eigenvalue weighted by molar-refractivity contribution is -0.140. The van der Waals surface area contributed by atoms with Gasteiger partial charge < -0.3 is 36.1 Å². The summed E-state index contributed by atoms with van der Waals surface area (Å²) in [5, 5.41) is 25.9. The van der Waals surface area contributed by atoms with Crippen molar-refractivity contribution in [2.75, 3.05) is 13.1 Å². The number of carboxylic acids is 2. The molecule has 36 heavy (non-hydrogen) atoms. The minimum absolute atomic E-state index is 0.259. The Labute approximate surface area is 211 Å². The summed E-state index contributed by atoms with van der Waals surface area (Å²) in [6.07, 6.45) is 1.65. The summed E-state index contributed by atoms with van der Waals surface area (Å²) in [6, 6.07) is -1.92. The zero-order valence-electron chi connectivity index (χ0n) is 22.1. The molecule has 0 bridgehead atoms. The van der Waals surface area contributed by atoms with Gasteiger partial charge in [0.15, 0.2) is 0 Å². The zero-order valence-corrected chi connectivity index (χ0v) is 22.1. The number of nitrogens with two attached hydrogens (primary N) is 1. The number of alkyl carbamates (subject to hydrolysis) is 2. The van der Waals surface area contributed by atoms with Crippen LogP contribution in [0.4, 0.5) is 9.59 Å². The van der Waals surface area contributed by atoms with Crippen molar-refractivity contribution in [2.45, 2.75) is 103 Å². The van der Waals surface area contributed by atoms with Crippen LogP contribution in [0.2, 0.25) is 0 Å². The molecule has 0 radical (unpaired) electrons. The van der Waals surface area contributed by atoms with E-state index in [0.717, 1.165) is 6.42 Å². The molecule has 14 heteroatoms. The van der Waals surface area contributed by atoms with E-state index < -0.39 is 47.4 Å². The van der Waals surface area contributed by atoms with E-state index in [1.807, 2.05) is 0 Å². The normalized spacial score (nSPS) is 12.5. The highest BCUT2D eigenvalue weighted by atomic mass is 16.6. The van der Waals surface area contributed by atoms with Crippen molar-refractivity contribution >= 4 is 24.1 Å². The number of unbranched alkanes of at least 4 members (excludes halogenated alkanes) is 2. The standard InChI is InChI=1S/C11H20N4O4.C11H22N2O4/c1-11(2,3)19-10(18)14-8(9(16)17)6-4-5-7-13-15-12;1-11(2,3)17-10(16)13-8(9(14)15)6-4-5-7-12/h8H,4-7H2,1-3H3,(H,14,18)(H,16,17);8H,4-7,12H2,1-3H3,(H,13,16)(H,14,15)/t2*8-/m00/s1. The first-order valence-corrected chi connectivity index (χ1v) is 11.7. The van der Waals surface area contributed by atoms with Crippen LogP contribution in [-0.2, 0) is 19.1 Å². The van der Waals surface area contributed by atoms with Crippen LogP contribution in [0.25, 0.3) is 10.4 Å². The third-order valence-corrected chi connectivity index (χ3v) is 3.99. The second kappa shape index (κ2) is 18.1. The van der Waals surface area contributed by atoms with Gasteiger partial charge in [0.2, 0.25) is 0 Å². The molecule has 208 valence electrons. The Balaban J connectivity index is 0. The Morgan fingerprint density at radius 1 is 0.833 bits per heavy atom. The topological polar surface area (TPSA) is 226 Å². The number of carbonyl (C=O) groups is 4. The summed E-state index contributed by atoms with van der Waals surface area (Å²) < 4.78 is 9.97. The monoisotopic (exact) mass is 518 g/mol. The van der Waals surface area contributed by atoms with Crippen molar-refractivity contribution in [1.82, 2.24) is 10.6 Å². The molecule has 0 fully saturated rings. The number of hydrogen-bond donors (Lipinski definition) is 5. The molecule has 2 atom stereocenters. The molecule has 0 aliphatic rings. The minimum atomic E-state index is -1.12. The van der Waals surface area contributed by atoms with Crippen LogP contribution in [-0.4, -0.2) is 70.7 Å². The van der Waals surface area contributed by atoms with Crippen LogP contribution in [0.15, 0.2) is 5.11 Å². The summed E-state index contributed by atoms with van der Waals surface area (Å²) >= 11 is 0. The van der Waals surface area contributed by atoms with Crippen molar-refractivity contribution < 1.29 is 38.9 Å². The third kappa shape index (κ3) is 22.5. The molecule has 14 nitrogen and oxygen atoms in total. The SMILES string of the molecule is CC(C)(C)OC(=O)N[C@@H](CCCCN)C(=O)O.CC(C)(C)OC(=O)N[C@@H](CCCCN=[N+]=[N-])C(=O)O. The van der Waals surface area contributed by atoms with Crippen LogP contribution in [0.5, 0.6) is 0 Å². The van der Waals surface area contributed by atoms with Gasteiger partial charge in [0.25, 0.3) is 0 Å². The van der Waals surface area contributed by atoms with Gasteiger partial charge in [0.05, 0.1) is 0 Å². The van der Waals surface area contributed by atoms with E-state index >= 15 is 0 Å². The average Bonchev–Trinajstić information content (AvgIpc) is 2.69. The predicted molar refractivity (Wildman–Crippen MR) is 132 cm³/mol. The zero-order chi connectivity index (χ0) is 28.4. The van der Waals surface area contributed by atoms with Crippen molar-refractivity contribution in [3.63, 3.8) is 0 Å². The van der Waals surface area contributed by atoms with Crippen molar-refractivity contribution in [1.29, 1.82) is 0 Å². The number of azide groups is 1. The van der Waals surface area contributed by atoms with Gasteiger partial charge in [-0.1, -0.05) is 11.5 Å². The summed E-state index contributed by atoms with van der Waals surface area (Å²) in [7, 11) is 0. The molecule has 0 aromatic carbocycles. The molecule has 2 amide bonds. The lowest BCUT2D eigenvalue weighted by Gasteiger charge is -2.22. The quantitative estimate of drug-likeness (QED) is 0.104. The molecule has 0 rings (SSSR count). The molecule has 6 N–H and O–H groups in total. The van der Waals surface area contributed by atoms with Crippen LogP contribution in [0, 0.1) is 0 Å². The van der Waals surface area contributed by atoms with Crippen LogP contribution in [0.1, 0.15) is 80.1 Å². The van der Waals surface area contributed by atoms with Gasteiger partial charge in [-0.3, -0.25) is 0 Å². The highest BCUT2D eigenvalue weighted by Crippen LogP contribution is 2.09. The molecule has 0 aromatic heterocycles. The fourth-order valence-electron chi connectivity index (χ4n) is 2.48. The van der Waals surface area contributed by atoms with Gasteiger partial charge in [0, 0.05) is 11.5 Å². The van der Waals surface area contributed by atoms with Gasteiger partial charge in [-0.05, 0) is 85.7 Å². The van der Waals surface area contributed by atoms with Gasteiger partial charge in [-0.25, -0.2) is 19.2 Å². The van der Waals surface area contributed by atoms with Gasteiger partial charge >= 0.3 is 24.1 Å². The molecule has 0 aromatic rings. The Kier molecular flexibility index (Phi) is 17.5. The van der Waals surface area contributed by atoms with E-state index in [-0.39, 0.29) is 6.42 Å². The molecule has 0 saturated carbocycles.